The summed E-state index contributed by atoms with van der Waals surface area (Å²) in [6.07, 6.45) is 2.48. The zero-order valence-electron chi connectivity index (χ0n) is 16.1. The Hall–Kier alpha value is -3.16. The van der Waals surface area contributed by atoms with Gasteiger partial charge in [-0.05, 0) is 24.6 Å². The highest BCUT2D eigenvalue weighted by atomic mass is 16.1. The molecule has 0 unspecified atom stereocenters. The molecule has 0 fully saturated rings. The predicted molar refractivity (Wildman–Crippen MR) is 111 cm³/mol. The Labute approximate surface area is 165 Å². The Bertz CT molecular complexity index is 1070. The van der Waals surface area contributed by atoms with E-state index in [4.69, 9.17) is 0 Å². The molecule has 0 radical (unpaired) electrons. The predicted octanol–water partition coefficient (Wildman–Crippen LogP) is 3.01. The fraction of sp³-hybridized carbons (Fsp3) is 0.250. The van der Waals surface area contributed by atoms with Crippen molar-refractivity contribution in [3.8, 4) is 11.8 Å². The maximum Gasteiger partial charge on any atom is 0.258 e. The van der Waals surface area contributed by atoms with Crippen LogP contribution in [0.1, 0.15) is 27.9 Å². The minimum Gasteiger partial charge on any atom is -0.294 e. The molecule has 140 valence electrons. The van der Waals surface area contributed by atoms with Crippen LogP contribution in [0.4, 0.5) is 0 Å². The Kier molecular flexibility index (Phi) is 5.36. The van der Waals surface area contributed by atoms with Crippen LogP contribution in [-0.2, 0) is 19.5 Å². The highest BCUT2D eigenvalue weighted by Crippen LogP contribution is 2.13. The molecule has 0 saturated heterocycles. The standard InChI is InChI=1S/C24H23N3O/c1-19-9-11-21(12-10-19)16-27-18-25-23-13-15-26(17-22(23)24(27)28)14-5-8-20-6-3-2-4-7-20/h2-4,6-7,9-12,18H,13-17H2,1H3. The van der Waals surface area contributed by atoms with Crippen molar-refractivity contribution < 1.29 is 0 Å². The topological polar surface area (TPSA) is 38.1 Å². The average molecular weight is 369 g/mol. The third-order valence-corrected chi connectivity index (χ3v) is 5.05. The third kappa shape index (κ3) is 4.21. The first kappa shape index (κ1) is 18.2. The van der Waals surface area contributed by atoms with Crippen LogP contribution in [0.15, 0.2) is 65.7 Å². The van der Waals surface area contributed by atoms with Crippen LogP contribution in [0.5, 0.6) is 0 Å². The lowest BCUT2D eigenvalue weighted by Crippen LogP contribution is -2.38. The summed E-state index contributed by atoms with van der Waals surface area (Å²) in [5.41, 5.74) is 5.14. The number of fused-ring (bicyclic) bond motifs is 1. The minimum absolute atomic E-state index is 0.0614. The van der Waals surface area contributed by atoms with Gasteiger partial charge in [0, 0.05) is 25.1 Å². The number of aromatic nitrogens is 2. The van der Waals surface area contributed by atoms with E-state index < -0.39 is 0 Å². The molecule has 1 aromatic heterocycles. The van der Waals surface area contributed by atoms with Gasteiger partial charge in [-0.1, -0.05) is 59.9 Å². The lowest BCUT2D eigenvalue weighted by Gasteiger charge is -2.26. The van der Waals surface area contributed by atoms with Crippen LogP contribution in [-0.4, -0.2) is 27.5 Å². The molecule has 0 spiro atoms. The summed E-state index contributed by atoms with van der Waals surface area (Å²) in [6, 6.07) is 18.2. The van der Waals surface area contributed by atoms with Gasteiger partial charge in [0.2, 0.25) is 0 Å². The first-order valence-electron chi connectivity index (χ1n) is 9.58. The number of hydrogen-bond acceptors (Lipinski definition) is 3. The Morgan fingerprint density at radius 3 is 2.64 bits per heavy atom. The van der Waals surface area contributed by atoms with Crippen LogP contribution >= 0.6 is 0 Å². The maximum atomic E-state index is 13.0. The van der Waals surface area contributed by atoms with Crippen molar-refractivity contribution in [2.75, 3.05) is 13.1 Å². The van der Waals surface area contributed by atoms with Crippen LogP contribution in [0.3, 0.4) is 0 Å². The molecule has 28 heavy (non-hydrogen) atoms. The largest absolute Gasteiger partial charge is 0.294 e. The van der Waals surface area contributed by atoms with Crippen molar-refractivity contribution in [3.63, 3.8) is 0 Å². The van der Waals surface area contributed by atoms with Crippen molar-refractivity contribution in [1.29, 1.82) is 0 Å². The molecule has 0 atom stereocenters. The van der Waals surface area contributed by atoms with Gasteiger partial charge in [-0.3, -0.25) is 14.3 Å². The lowest BCUT2D eigenvalue weighted by atomic mass is 10.1. The van der Waals surface area contributed by atoms with E-state index >= 15 is 0 Å². The molecule has 0 N–H and O–H groups in total. The summed E-state index contributed by atoms with van der Waals surface area (Å²) in [5.74, 6) is 6.42. The van der Waals surface area contributed by atoms with Gasteiger partial charge in [0.1, 0.15) is 0 Å². The second-order valence-electron chi connectivity index (χ2n) is 7.22. The smallest absolute Gasteiger partial charge is 0.258 e. The van der Waals surface area contributed by atoms with Crippen molar-refractivity contribution >= 4 is 0 Å². The highest BCUT2D eigenvalue weighted by Gasteiger charge is 2.20. The normalized spacial score (nSPS) is 13.5. The zero-order valence-corrected chi connectivity index (χ0v) is 16.1. The van der Waals surface area contributed by atoms with E-state index in [0.717, 1.165) is 35.3 Å². The van der Waals surface area contributed by atoms with Crippen molar-refractivity contribution in [2.24, 2.45) is 0 Å². The molecular formula is C24H23N3O. The third-order valence-electron chi connectivity index (χ3n) is 5.05. The summed E-state index contributed by atoms with van der Waals surface area (Å²) in [6.45, 7) is 4.75. The number of nitrogens with zero attached hydrogens (tertiary/aromatic N) is 3. The number of rotatable bonds is 3. The Balaban J connectivity index is 1.49. The molecule has 1 aliphatic heterocycles. The molecule has 0 bridgehead atoms. The molecule has 0 saturated carbocycles. The van der Waals surface area contributed by atoms with Gasteiger partial charge in [0.15, 0.2) is 0 Å². The first-order valence-corrected chi connectivity index (χ1v) is 9.58. The van der Waals surface area contributed by atoms with Gasteiger partial charge in [-0.25, -0.2) is 4.98 Å². The van der Waals surface area contributed by atoms with E-state index in [1.54, 1.807) is 10.9 Å². The van der Waals surface area contributed by atoms with E-state index in [9.17, 15) is 4.79 Å². The Morgan fingerprint density at radius 1 is 1.07 bits per heavy atom. The molecule has 1 aliphatic rings. The van der Waals surface area contributed by atoms with E-state index in [-0.39, 0.29) is 5.56 Å². The van der Waals surface area contributed by atoms with E-state index in [1.165, 1.54) is 5.56 Å². The summed E-state index contributed by atoms with van der Waals surface area (Å²) in [4.78, 5) is 19.8. The molecule has 2 heterocycles. The molecule has 0 amide bonds. The van der Waals surface area contributed by atoms with Crippen LogP contribution in [0.25, 0.3) is 0 Å². The second-order valence-corrected chi connectivity index (χ2v) is 7.22. The molecule has 0 aliphatic carbocycles. The van der Waals surface area contributed by atoms with E-state index in [1.807, 2.05) is 30.3 Å². The zero-order chi connectivity index (χ0) is 19.3. The summed E-state index contributed by atoms with van der Waals surface area (Å²) in [7, 11) is 0. The minimum atomic E-state index is 0.0614. The van der Waals surface area contributed by atoms with Gasteiger partial charge in [0.25, 0.3) is 5.56 Å². The van der Waals surface area contributed by atoms with Gasteiger partial charge < -0.3 is 0 Å². The monoisotopic (exact) mass is 369 g/mol. The molecular weight excluding hydrogens is 346 g/mol. The van der Waals surface area contributed by atoms with Crippen molar-refractivity contribution in [2.45, 2.75) is 26.4 Å². The summed E-state index contributed by atoms with van der Waals surface area (Å²) >= 11 is 0. The quantitative estimate of drug-likeness (QED) is 0.666. The van der Waals surface area contributed by atoms with Gasteiger partial charge >= 0.3 is 0 Å². The van der Waals surface area contributed by atoms with Crippen molar-refractivity contribution in [3.05, 3.63) is 99.2 Å². The lowest BCUT2D eigenvalue weighted by molar-refractivity contribution is 0.280. The van der Waals surface area contributed by atoms with Gasteiger partial charge in [-0.2, -0.15) is 0 Å². The van der Waals surface area contributed by atoms with Crippen molar-refractivity contribution in [1.82, 2.24) is 14.5 Å². The second kappa shape index (κ2) is 8.24. The Morgan fingerprint density at radius 2 is 1.86 bits per heavy atom. The number of aryl methyl sites for hydroxylation is 1. The fourth-order valence-electron chi connectivity index (χ4n) is 3.42. The maximum absolute atomic E-state index is 13.0. The molecule has 4 heteroatoms. The van der Waals surface area contributed by atoms with Gasteiger partial charge in [-0.15, -0.1) is 0 Å². The van der Waals surface area contributed by atoms with E-state index in [2.05, 4.69) is 52.9 Å². The molecule has 4 nitrogen and oxygen atoms in total. The number of hydrogen-bond donors (Lipinski definition) is 0. The molecule has 2 aromatic carbocycles. The fourth-order valence-corrected chi connectivity index (χ4v) is 3.42. The summed E-state index contributed by atoms with van der Waals surface area (Å²) < 4.78 is 1.71. The average Bonchev–Trinajstić information content (AvgIpc) is 2.73. The van der Waals surface area contributed by atoms with Gasteiger partial charge in [0.05, 0.1) is 30.7 Å². The summed E-state index contributed by atoms with van der Waals surface area (Å²) in [5, 5.41) is 0. The van der Waals surface area contributed by atoms with Crippen LogP contribution in [0, 0.1) is 18.8 Å². The molecule has 4 rings (SSSR count). The first-order chi connectivity index (χ1) is 13.7. The number of benzene rings is 2. The van der Waals surface area contributed by atoms with Crippen LogP contribution in [0.2, 0.25) is 0 Å². The highest BCUT2D eigenvalue weighted by molar-refractivity contribution is 5.34. The van der Waals surface area contributed by atoms with Crippen LogP contribution < -0.4 is 5.56 Å². The SMILES string of the molecule is Cc1ccc(Cn2cnc3c(c2=O)CN(CC#Cc2ccccc2)CC3)cc1. The van der Waals surface area contributed by atoms with E-state index in [0.29, 0.717) is 19.6 Å². The molecule has 3 aromatic rings.